The molecule has 0 aliphatic heterocycles. The molecular formula is C12H11ClOS. The number of benzene rings is 1. The van der Waals surface area contributed by atoms with Gasteiger partial charge in [0.2, 0.25) is 0 Å². The van der Waals surface area contributed by atoms with Crippen LogP contribution in [0.4, 0.5) is 0 Å². The standard InChI is InChI=1S/C12H11ClOS/c1-8-4-2-3-5-9(8)12(14)10-6-7-11(13)15-10/h2-7,12,14H,1H3. The maximum Gasteiger partial charge on any atom is 0.113 e. The van der Waals surface area contributed by atoms with Crippen molar-refractivity contribution in [3.05, 3.63) is 56.7 Å². The van der Waals surface area contributed by atoms with Gasteiger partial charge in [0.15, 0.2) is 0 Å². The van der Waals surface area contributed by atoms with Gasteiger partial charge in [-0.25, -0.2) is 0 Å². The third-order valence-electron chi connectivity index (χ3n) is 2.35. The van der Waals surface area contributed by atoms with Crippen LogP contribution in [0.5, 0.6) is 0 Å². The third kappa shape index (κ3) is 2.23. The second-order valence-electron chi connectivity index (χ2n) is 3.40. The summed E-state index contributed by atoms with van der Waals surface area (Å²) < 4.78 is 0.706. The normalized spacial score (nSPS) is 12.7. The summed E-state index contributed by atoms with van der Waals surface area (Å²) in [5, 5.41) is 10.1. The highest BCUT2D eigenvalue weighted by Crippen LogP contribution is 2.31. The van der Waals surface area contributed by atoms with Gasteiger partial charge in [-0.05, 0) is 30.2 Å². The Balaban J connectivity index is 2.36. The van der Waals surface area contributed by atoms with Crippen LogP contribution in [0.15, 0.2) is 36.4 Å². The van der Waals surface area contributed by atoms with Gasteiger partial charge in [-0.3, -0.25) is 0 Å². The van der Waals surface area contributed by atoms with Crippen LogP contribution < -0.4 is 0 Å². The number of hydrogen-bond acceptors (Lipinski definition) is 2. The largest absolute Gasteiger partial charge is 0.383 e. The molecule has 0 bridgehead atoms. The SMILES string of the molecule is Cc1ccccc1C(O)c1ccc(Cl)s1. The van der Waals surface area contributed by atoms with E-state index >= 15 is 0 Å². The van der Waals surface area contributed by atoms with E-state index in [4.69, 9.17) is 11.6 Å². The van der Waals surface area contributed by atoms with Gasteiger partial charge in [-0.15, -0.1) is 11.3 Å². The second kappa shape index (κ2) is 4.35. The van der Waals surface area contributed by atoms with E-state index in [1.807, 2.05) is 43.3 Å². The predicted octanol–water partition coefficient (Wildman–Crippen LogP) is 3.79. The zero-order valence-corrected chi connectivity index (χ0v) is 9.85. The summed E-state index contributed by atoms with van der Waals surface area (Å²) in [6, 6.07) is 11.5. The van der Waals surface area contributed by atoms with Gasteiger partial charge in [-0.2, -0.15) is 0 Å². The summed E-state index contributed by atoms with van der Waals surface area (Å²) in [5.74, 6) is 0. The minimum absolute atomic E-state index is 0.566. The van der Waals surface area contributed by atoms with Gasteiger partial charge < -0.3 is 5.11 Å². The highest BCUT2D eigenvalue weighted by atomic mass is 35.5. The van der Waals surface area contributed by atoms with Crippen LogP contribution in [0.1, 0.15) is 22.1 Å². The Labute approximate surface area is 98.0 Å². The molecule has 0 amide bonds. The van der Waals surface area contributed by atoms with Crippen LogP contribution in [-0.4, -0.2) is 5.11 Å². The van der Waals surface area contributed by atoms with Crippen molar-refractivity contribution in [3.8, 4) is 0 Å². The molecule has 78 valence electrons. The van der Waals surface area contributed by atoms with Crippen molar-refractivity contribution in [2.75, 3.05) is 0 Å². The maximum absolute atomic E-state index is 10.1. The smallest absolute Gasteiger partial charge is 0.113 e. The molecule has 15 heavy (non-hydrogen) atoms. The molecule has 0 spiro atoms. The topological polar surface area (TPSA) is 20.2 Å². The average Bonchev–Trinajstić information content (AvgIpc) is 2.65. The molecule has 1 N–H and O–H groups in total. The Kier molecular flexibility index (Phi) is 3.10. The molecule has 0 aliphatic carbocycles. The zero-order valence-electron chi connectivity index (χ0n) is 8.27. The molecule has 3 heteroatoms. The van der Waals surface area contributed by atoms with E-state index < -0.39 is 6.10 Å². The quantitative estimate of drug-likeness (QED) is 0.844. The first-order valence-electron chi connectivity index (χ1n) is 4.67. The zero-order chi connectivity index (χ0) is 10.8. The minimum atomic E-state index is -0.566. The van der Waals surface area contributed by atoms with E-state index in [1.54, 1.807) is 0 Å². The van der Waals surface area contributed by atoms with E-state index in [0.29, 0.717) is 4.34 Å². The van der Waals surface area contributed by atoms with Gasteiger partial charge in [0.05, 0.1) is 4.34 Å². The first-order chi connectivity index (χ1) is 7.18. The lowest BCUT2D eigenvalue weighted by Gasteiger charge is -2.11. The van der Waals surface area contributed by atoms with Crippen molar-refractivity contribution >= 4 is 22.9 Å². The number of thiophene rings is 1. The summed E-state index contributed by atoms with van der Waals surface area (Å²) in [4.78, 5) is 0.884. The summed E-state index contributed by atoms with van der Waals surface area (Å²) >= 11 is 7.25. The number of aryl methyl sites for hydroxylation is 1. The lowest BCUT2D eigenvalue weighted by Crippen LogP contribution is -1.99. The van der Waals surface area contributed by atoms with Gasteiger partial charge in [0, 0.05) is 4.88 Å². The molecule has 0 fully saturated rings. The van der Waals surface area contributed by atoms with Crippen LogP contribution in [0.2, 0.25) is 4.34 Å². The van der Waals surface area contributed by atoms with Crippen molar-refractivity contribution in [2.45, 2.75) is 13.0 Å². The Morgan fingerprint density at radius 2 is 1.93 bits per heavy atom. The summed E-state index contributed by atoms with van der Waals surface area (Å²) in [5.41, 5.74) is 2.03. The monoisotopic (exact) mass is 238 g/mol. The number of aliphatic hydroxyl groups is 1. The maximum atomic E-state index is 10.1. The molecular weight excluding hydrogens is 228 g/mol. The van der Waals surface area contributed by atoms with Crippen molar-refractivity contribution < 1.29 is 5.11 Å². The third-order valence-corrected chi connectivity index (χ3v) is 3.63. The second-order valence-corrected chi connectivity index (χ2v) is 5.15. The molecule has 1 aromatic carbocycles. The van der Waals surface area contributed by atoms with E-state index in [2.05, 4.69) is 0 Å². The molecule has 1 aromatic heterocycles. The molecule has 0 saturated carbocycles. The molecule has 1 heterocycles. The van der Waals surface area contributed by atoms with Crippen molar-refractivity contribution in [1.82, 2.24) is 0 Å². The molecule has 2 aromatic rings. The predicted molar refractivity (Wildman–Crippen MR) is 64.6 cm³/mol. The Hall–Kier alpha value is -0.830. The van der Waals surface area contributed by atoms with Crippen LogP contribution in [0.3, 0.4) is 0 Å². The van der Waals surface area contributed by atoms with Crippen LogP contribution in [-0.2, 0) is 0 Å². The fraction of sp³-hybridized carbons (Fsp3) is 0.167. The lowest BCUT2D eigenvalue weighted by atomic mass is 10.0. The molecule has 1 atom stereocenters. The van der Waals surface area contributed by atoms with Crippen molar-refractivity contribution in [3.63, 3.8) is 0 Å². The van der Waals surface area contributed by atoms with Gasteiger partial charge >= 0.3 is 0 Å². The number of aliphatic hydroxyl groups excluding tert-OH is 1. The molecule has 1 unspecified atom stereocenters. The Morgan fingerprint density at radius 1 is 1.20 bits per heavy atom. The fourth-order valence-electron chi connectivity index (χ4n) is 1.52. The first-order valence-corrected chi connectivity index (χ1v) is 5.87. The van der Waals surface area contributed by atoms with Crippen molar-refractivity contribution in [1.29, 1.82) is 0 Å². The summed E-state index contributed by atoms with van der Waals surface area (Å²) in [6.07, 6.45) is -0.566. The minimum Gasteiger partial charge on any atom is -0.383 e. The van der Waals surface area contributed by atoms with Gasteiger partial charge in [0.1, 0.15) is 6.10 Å². The van der Waals surface area contributed by atoms with E-state index in [0.717, 1.165) is 16.0 Å². The summed E-state index contributed by atoms with van der Waals surface area (Å²) in [7, 11) is 0. The first kappa shape index (κ1) is 10.7. The Morgan fingerprint density at radius 3 is 2.53 bits per heavy atom. The number of rotatable bonds is 2. The van der Waals surface area contributed by atoms with Crippen LogP contribution in [0, 0.1) is 6.92 Å². The highest BCUT2D eigenvalue weighted by molar-refractivity contribution is 7.16. The number of hydrogen-bond donors (Lipinski definition) is 1. The molecule has 0 radical (unpaired) electrons. The Bertz CT molecular complexity index is 464. The molecule has 0 aliphatic rings. The molecule has 0 saturated heterocycles. The lowest BCUT2D eigenvalue weighted by molar-refractivity contribution is 0.223. The van der Waals surface area contributed by atoms with Crippen molar-refractivity contribution in [2.24, 2.45) is 0 Å². The van der Waals surface area contributed by atoms with Gasteiger partial charge in [-0.1, -0.05) is 35.9 Å². The molecule has 2 rings (SSSR count). The summed E-state index contributed by atoms with van der Waals surface area (Å²) in [6.45, 7) is 1.99. The van der Waals surface area contributed by atoms with E-state index in [-0.39, 0.29) is 0 Å². The van der Waals surface area contributed by atoms with E-state index in [1.165, 1.54) is 11.3 Å². The van der Waals surface area contributed by atoms with Crippen LogP contribution >= 0.6 is 22.9 Å². The van der Waals surface area contributed by atoms with E-state index in [9.17, 15) is 5.11 Å². The molecule has 1 nitrogen and oxygen atoms in total. The van der Waals surface area contributed by atoms with Gasteiger partial charge in [0.25, 0.3) is 0 Å². The highest BCUT2D eigenvalue weighted by Gasteiger charge is 2.14. The fourth-order valence-corrected chi connectivity index (χ4v) is 2.59. The number of halogens is 1. The van der Waals surface area contributed by atoms with Crippen LogP contribution in [0.25, 0.3) is 0 Å². The average molecular weight is 239 g/mol.